The van der Waals surface area contributed by atoms with Gasteiger partial charge in [0.2, 0.25) is 0 Å². The smallest absolute Gasteiger partial charge is 0.378 e. The zero-order chi connectivity index (χ0) is 25.3. The molecule has 0 spiro atoms. The minimum atomic E-state index is -4.66. The first-order chi connectivity index (χ1) is 15.8. The van der Waals surface area contributed by atoms with Crippen molar-refractivity contribution < 1.29 is 26.3 Å². The van der Waals surface area contributed by atoms with Gasteiger partial charge in [-0.3, -0.25) is 0 Å². The summed E-state index contributed by atoms with van der Waals surface area (Å²) in [6, 6.07) is 11.2. The molecular weight excluding hydrogens is 476 g/mol. The zero-order valence-electron chi connectivity index (χ0n) is 18.8. The van der Waals surface area contributed by atoms with Crippen molar-refractivity contribution in [3.05, 3.63) is 93.7 Å². The number of benzene rings is 2. The van der Waals surface area contributed by atoms with E-state index in [2.05, 4.69) is 17.2 Å². The molecule has 0 fully saturated rings. The monoisotopic (exact) mass is 501 g/mol. The number of rotatable bonds is 7. The van der Waals surface area contributed by atoms with E-state index in [4.69, 9.17) is 0 Å². The van der Waals surface area contributed by atoms with E-state index in [1.54, 1.807) is 19.1 Å². The number of nitrogens with one attached hydrogen (secondary N) is 2. The Balaban J connectivity index is 1.85. The highest BCUT2D eigenvalue weighted by molar-refractivity contribution is 8.03. The Labute approximate surface area is 198 Å². The van der Waals surface area contributed by atoms with Crippen molar-refractivity contribution in [3.8, 4) is 0 Å². The van der Waals surface area contributed by atoms with E-state index < -0.39 is 35.0 Å². The summed E-state index contributed by atoms with van der Waals surface area (Å²) < 4.78 is 80.8. The number of allylic oxidation sites excluding steroid dienone is 1. The molecule has 2 atom stereocenters. The molecule has 34 heavy (non-hydrogen) atoms. The van der Waals surface area contributed by atoms with Gasteiger partial charge in [0.25, 0.3) is 0 Å². The number of hydrogen-bond donors (Lipinski definition) is 2. The zero-order valence-corrected chi connectivity index (χ0v) is 19.6. The van der Waals surface area contributed by atoms with Gasteiger partial charge < -0.3 is 15.5 Å². The Morgan fingerprint density at radius 1 is 1.06 bits per heavy atom. The third-order valence-corrected chi connectivity index (χ3v) is 6.52. The normalized spacial score (nSPS) is 17.6. The molecule has 2 unspecified atom stereocenters. The maximum Gasteiger partial charge on any atom is 0.432 e. The van der Waals surface area contributed by atoms with Gasteiger partial charge in [-0.05, 0) is 49.8 Å². The molecule has 1 aliphatic heterocycles. The standard InChI is InChI=1S/C24H25F6N3S/c1-14(16-9-7-10-18(12-16)23(25,26)27)31-15(2)20-21(24(28,29)30)32-22(34-20)19-11-6-5-8-17(19)13-33(3)4/h5-12,14,22,31-32H,2,13H2,1,3-4H3. The fourth-order valence-electron chi connectivity index (χ4n) is 3.65. The van der Waals surface area contributed by atoms with Crippen LogP contribution in [0.4, 0.5) is 26.3 Å². The highest BCUT2D eigenvalue weighted by Crippen LogP contribution is 2.48. The molecule has 0 amide bonds. The lowest BCUT2D eigenvalue weighted by atomic mass is 10.0. The summed E-state index contributed by atoms with van der Waals surface area (Å²) in [5.41, 5.74) is 0.133. The van der Waals surface area contributed by atoms with E-state index in [0.717, 1.165) is 35.0 Å². The summed E-state index contributed by atoms with van der Waals surface area (Å²) in [4.78, 5) is 1.81. The molecule has 2 aromatic carbocycles. The molecular formula is C24H25F6N3S. The molecule has 0 saturated carbocycles. The van der Waals surface area contributed by atoms with Crippen LogP contribution in [0, 0.1) is 0 Å². The minimum absolute atomic E-state index is 0.0117. The highest BCUT2D eigenvalue weighted by atomic mass is 32.2. The molecule has 0 aromatic heterocycles. The molecule has 184 valence electrons. The Bertz CT molecular complexity index is 1070. The van der Waals surface area contributed by atoms with Crippen LogP contribution in [0.25, 0.3) is 0 Å². The fourth-order valence-corrected chi connectivity index (χ4v) is 4.91. The summed E-state index contributed by atoms with van der Waals surface area (Å²) in [5, 5.41) is 4.74. The van der Waals surface area contributed by atoms with Gasteiger partial charge in [-0.15, -0.1) is 0 Å². The lowest BCUT2D eigenvalue weighted by Crippen LogP contribution is -2.27. The van der Waals surface area contributed by atoms with Gasteiger partial charge in [0.15, 0.2) is 0 Å². The molecule has 0 radical (unpaired) electrons. The Morgan fingerprint density at radius 2 is 1.74 bits per heavy atom. The van der Waals surface area contributed by atoms with Crippen LogP contribution in [0.2, 0.25) is 0 Å². The number of thioether (sulfide) groups is 1. The van der Waals surface area contributed by atoms with E-state index in [1.807, 2.05) is 31.1 Å². The molecule has 0 aliphatic carbocycles. The predicted octanol–water partition coefficient (Wildman–Crippen LogP) is 6.74. The van der Waals surface area contributed by atoms with Gasteiger partial charge in [-0.2, -0.15) is 26.3 Å². The predicted molar refractivity (Wildman–Crippen MR) is 123 cm³/mol. The van der Waals surface area contributed by atoms with E-state index in [1.165, 1.54) is 12.1 Å². The summed E-state index contributed by atoms with van der Waals surface area (Å²) in [7, 11) is 3.75. The van der Waals surface area contributed by atoms with Crippen molar-refractivity contribution >= 4 is 11.8 Å². The summed E-state index contributed by atoms with van der Waals surface area (Å²) >= 11 is 0.981. The topological polar surface area (TPSA) is 27.3 Å². The SMILES string of the molecule is C=C(NC(C)c1cccc(C(F)(F)F)c1)C1=C(C(F)(F)F)NC(c2ccccc2CN(C)C)S1. The van der Waals surface area contributed by atoms with Crippen molar-refractivity contribution in [3.63, 3.8) is 0 Å². The number of halogens is 6. The molecule has 10 heteroatoms. The van der Waals surface area contributed by atoms with Gasteiger partial charge >= 0.3 is 12.4 Å². The van der Waals surface area contributed by atoms with Crippen molar-refractivity contribution in [2.75, 3.05) is 14.1 Å². The average Bonchev–Trinajstić information content (AvgIpc) is 3.19. The minimum Gasteiger partial charge on any atom is -0.378 e. The molecule has 2 N–H and O–H groups in total. The fraction of sp³-hybridized carbons (Fsp3) is 0.333. The first-order valence-corrected chi connectivity index (χ1v) is 11.3. The maximum absolute atomic E-state index is 13.9. The number of hydrogen-bond acceptors (Lipinski definition) is 4. The molecule has 3 nitrogen and oxygen atoms in total. The Hall–Kier alpha value is -2.59. The summed E-state index contributed by atoms with van der Waals surface area (Å²) in [6.45, 7) is 5.90. The Kier molecular flexibility index (Phi) is 7.62. The molecule has 2 aromatic rings. The van der Waals surface area contributed by atoms with Crippen LogP contribution in [0.5, 0.6) is 0 Å². The molecule has 1 heterocycles. The highest BCUT2D eigenvalue weighted by Gasteiger charge is 2.44. The van der Waals surface area contributed by atoms with Gasteiger partial charge in [0.1, 0.15) is 11.1 Å². The van der Waals surface area contributed by atoms with E-state index in [-0.39, 0.29) is 16.2 Å². The van der Waals surface area contributed by atoms with E-state index in [0.29, 0.717) is 6.54 Å². The van der Waals surface area contributed by atoms with Crippen LogP contribution in [0.1, 0.15) is 40.6 Å². The van der Waals surface area contributed by atoms with Crippen LogP contribution < -0.4 is 10.6 Å². The largest absolute Gasteiger partial charge is 0.432 e. The van der Waals surface area contributed by atoms with Crippen molar-refractivity contribution in [1.29, 1.82) is 0 Å². The number of alkyl halides is 6. The maximum atomic E-state index is 13.9. The first kappa shape index (κ1) is 26.0. The molecule has 0 bridgehead atoms. The third kappa shape index (κ3) is 6.09. The van der Waals surface area contributed by atoms with Gasteiger partial charge in [-0.1, -0.05) is 54.7 Å². The molecule has 1 aliphatic rings. The van der Waals surface area contributed by atoms with E-state index in [9.17, 15) is 26.3 Å². The second kappa shape index (κ2) is 9.95. The van der Waals surface area contributed by atoms with Gasteiger partial charge in [0.05, 0.1) is 10.5 Å². The number of nitrogens with zero attached hydrogens (tertiary/aromatic N) is 1. The van der Waals surface area contributed by atoms with Crippen LogP contribution in [-0.4, -0.2) is 25.2 Å². The van der Waals surface area contributed by atoms with Crippen LogP contribution in [0.15, 0.2) is 71.4 Å². The second-order valence-electron chi connectivity index (χ2n) is 8.25. The van der Waals surface area contributed by atoms with Crippen molar-refractivity contribution in [1.82, 2.24) is 15.5 Å². The van der Waals surface area contributed by atoms with Gasteiger partial charge in [0, 0.05) is 18.3 Å². The lowest BCUT2D eigenvalue weighted by molar-refractivity contribution is -0.137. The van der Waals surface area contributed by atoms with Crippen molar-refractivity contribution in [2.45, 2.75) is 37.2 Å². The summed E-state index contributed by atoms with van der Waals surface area (Å²) in [6.07, 6.45) is -9.17. The van der Waals surface area contributed by atoms with Gasteiger partial charge in [-0.25, -0.2) is 0 Å². The molecule has 0 saturated heterocycles. The Morgan fingerprint density at radius 3 is 2.35 bits per heavy atom. The molecule has 3 rings (SSSR count). The van der Waals surface area contributed by atoms with Crippen LogP contribution in [-0.2, 0) is 12.7 Å². The quantitative estimate of drug-likeness (QED) is 0.411. The van der Waals surface area contributed by atoms with E-state index >= 15 is 0 Å². The van der Waals surface area contributed by atoms with Crippen molar-refractivity contribution in [2.24, 2.45) is 0 Å². The average molecular weight is 502 g/mol. The lowest BCUT2D eigenvalue weighted by Gasteiger charge is -2.20. The van der Waals surface area contributed by atoms with Crippen LogP contribution in [0.3, 0.4) is 0 Å². The summed E-state index contributed by atoms with van der Waals surface area (Å²) in [5.74, 6) is 0. The van der Waals surface area contributed by atoms with Crippen LogP contribution >= 0.6 is 11.8 Å². The second-order valence-corrected chi connectivity index (χ2v) is 9.36. The first-order valence-electron chi connectivity index (χ1n) is 10.4. The third-order valence-electron chi connectivity index (χ3n) is 5.22.